The van der Waals surface area contributed by atoms with E-state index in [1.54, 1.807) is 55.7 Å². The maximum atomic E-state index is 12.6. The van der Waals surface area contributed by atoms with E-state index in [4.69, 9.17) is 17.0 Å². The van der Waals surface area contributed by atoms with Crippen LogP contribution in [0.3, 0.4) is 0 Å². The third-order valence-corrected chi connectivity index (χ3v) is 4.59. The van der Waals surface area contributed by atoms with Crippen molar-refractivity contribution in [1.29, 1.82) is 0 Å². The normalized spacial score (nSPS) is 16.2. The fourth-order valence-corrected chi connectivity index (χ4v) is 3.49. The van der Waals surface area contributed by atoms with E-state index in [1.807, 2.05) is 6.07 Å². The molecule has 1 amide bonds. The summed E-state index contributed by atoms with van der Waals surface area (Å²) >= 11 is 6.57. The molecule has 1 N–H and O–H groups in total. The summed E-state index contributed by atoms with van der Waals surface area (Å²) in [7, 11) is 1.59. The topological polar surface area (TPSA) is 49.8 Å². The fraction of sp³-hybridized carbons (Fsp3) is 0.0588. The van der Waals surface area contributed by atoms with Crippen LogP contribution in [-0.4, -0.2) is 22.4 Å². The minimum atomic E-state index is -0.173. The molecule has 0 aromatic heterocycles. The number of carbonyl (C=O) groups excluding carboxylic acids is 1. The van der Waals surface area contributed by atoms with Gasteiger partial charge in [-0.1, -0.05) is 36.1 Å². The Morgan fingerprint density at radius 3 is 2.61 bits per heavy atom. The van der Waals surface area contributed by atoms with Gasteiger partial charge in [0, 0.05) is 0 Å². The van der Waals surface area contributed by atoms with Gasteiger partial charge in [-0.2, -0.15) is 0 Å². The predicted octanol–water partition coefficient (Wildman–Crippen LogP) is 3.81. The SMILES string of the molecule is COc1ccc(N2C(=O)/C(=C\c3cccc(O)c3)SC2=S)cc1. The van der Waals surface area contributed by atoms with E-state index in [2.05, 4.69) is 0 Å². The van der Waals surface area contributed by atoms with Crippen LogP contribution in [0.2, 0.25) is 0 Å². The summed E-state index contributed by atoms with van der Waals surface area (Å²) in [5, 5.41) is 9.52. The molecule has 1 heterocycles. The molecule has 1 aliphatic rings. The summed E-state index contributed by atoms with van der Waals surface area (Å²) in [6.45, 7) is 0. The van der Waals surface area contributed by atoms with Crippen molar-refractivity contribution in [3.8, 4) is 11.5 Å². The van der Waals surface area contributed by atoms with Crippen molar-refractivity contribution in [2.24, 2.45) is 0 Å². The maximum absolute atomic E-state index is 12.6. The number of methoxy groups -OCH3 is 1. The van der Waals surface area contributed by atoms with Crippen LogP contribution in [0.4, 0.5) is 5.69 Å². The molecule has 6 heteroatoms. The van der Waals surface area contributed by atoms with Crippen LogP contribution in [0, 0.1) is 0 Å². The molecule has 0 radical (unpaired) electrons. The summed E-state index contributed by atoms with van der Waals surface area (Å²) in [6.07, 6.45) is 1.72. The molecule has 1 saturated heterocycles. The Hall–Kier alpha value is -2.31. The van der Waals surface area contributed by atoms with Crippen LogP contribution in [0.25, 0.3) is 6.08 Å². The zero-order valence-corrected chi connectivity index (χ0v) is 13.9. The second-order valence-corrected chi connectivity index (χ2v) is 6.49. The first-order valence-electron chi connectivity index (χ1n) is 6.79. The molecule has 0 aliphatic carbocycles. The molecule has 2 aromatic rings. The highest BCUT2D eigenvalue weighted by Crippen LogP contribution is 2.36. The highest BCUT2D eigenvalue weighted by Gasteiger charge is 2.33. The van der Waals surface area contributed by atoms with E-state index < -0.39 is 0 Å². The number of nitrogens with zero attached hydrogens (tertiary/aromatic N) is 1. The highest BCUT2D eigenvalue weighted by atomic mass is 32.2. The van der Waals surface area contributed by atoms with Crippen LogP contribution >= 0.6 is 24.0 Å². The Morgan fingerprint density at radius 1 is 1.22 bits per heavy atom. The van der Waals surface area contributed by atoms with Crippen LogP contribution in [-0.2, 0) is 4.79 Å². The molecule has 3 rings (SSSR count). The number of thiocarbonyl (C=S) groups is 1. The molecule has 0 atom stereocenters. The number of ether oxygens (including phenoxy) is 1. The van der Waals surface area contributed by atoms with Gasteiger partial charge in [0.1, 0.15) is 11.5 Å². The van der Waals surface area contributed by atoms with Crippen molar-refractivity contribution in [2.45, 2.75) is 0 Å². The first-order chi connectivity index (χ1) is 11.1. The molecule has 1 fully saturated rings. The Labute approximate surface area is 143 Å². The Bertz CT molecular complexity index is 800. The van der Waals surface area contributed by atoms with E-state index in [0.717, 1.165) is 11.3 Å². The molecule has 4 nitrogen and oxygen atoms in total. The van der Waals surface area contributed by atoms with Gasteiger partial charge in [0.25, 0.3) is 5.91 Å². The van der Waals surface area contributed by atoms with Gasteiger partial charge in [-0.05, 0) is 48.0 Å². The third kappa shape index (κ3) is 3.23. The van der Waals surface area contributed by atoms with Gasteiger partial charge in [-0.25, -0.2) is 0 Å². The number of carbonyl (C=O) groups is 1. The summed E-state index contributed by atoms with van der Waals surface area (Å²) in [5.41, 5.74) is 1.45. The standard InChI is InChI=1S/C17H13NO3S2/c1-21-14-7-5-12(6-8-14)18-16(20)15(23-17(18)22)10-11-3-2-4-13(19)9-11/h2-10,19H,1H3/b15-10+. The lowest BCUT2D eigenvalue weighted by Gasteiger charge is -2.14. The lowest BCUT2D eigenvalue weighted by molar-refractivity contribution is -0.113. The van der Waals surface area contributed by atoms with Gasteiger partial charge in [0.15, 0.2) is 4.32 Å². The molecule has 0 spiro atoms. The number of phenols is 1. The van der Waals surface area contributed by atoms with E-state index in [0.29, 0.717) is 14.9 Å². The lowest BCUT2D eigenvalue weighted by atomic mass is 10.2. The Morgan fingerprint density at radius 2 is 1.96 bits per heavy atom. The van der Waals surface area contributed by atoms with E-state index in [9.17, 15) is 9.90 Å². The number of hydrogen-bond acceptors (Lipinski definition) is 5. The van der Waals surface area contributed by atoms with Crippen molar-refractivity contribution < 1.29 is 14.6 Å². The molecule has 2 aromatic carbocycles. The second kappa shape index (κ2) is 6.44. The third-order valence-electron chi connectivity index (χ3n) is 3.29. The number of hydrogen-bond donors (Lipinski definition) is 1. The smallest absolute Gasteiger partial charge is 0.270 e. The van der Waals surface area contributed by atoms with Crippen molar-refractivity contribution in [3.63, 3.8) is 0 Å². The van der Waals surface area contributed by atoms with Crippen molar-refractivity contribution in [3.05, 3.63) is 59.0 Å². The number of benzene rings is 2. The minimum Gasteiger partial charge on any atom is -0.508 e. The van der Waals surface area contributed by atoms with Gasteiger partial charge in [-0.3, -0.25) is 9.69 Å². The summed E-state index contributed by atoms with van der Waals surface area (Å²) in [6, 6.07) is 13.9. The Kier molecular flexibility index (Phi) is 4.36. The molecule has 0 bridgehead atoms. The second-order valence-electron chi connectivity index (χ2n) is 4.81. The van der Waals surface area contributed by atoms with Crippen LogP contribution in [0.5, 0.6) is 11.5 Å². The average Bonchev–Trinajstić information content (AvgIpc) is 2.81. The molecular formula is C17H13NO3S2. The van der Waals surface area contributed by atoms with Crippen molar-refractivity contribution in [2.75, 3.05) is 12.0 Å². The van der Waals surface area contributed by atoms with Crippen molar-refractivity contribution >= 4 is 46.0 Å². The quantitative estimate of drug-likeness (QED) is 0.678. The molecular weight excluding hydrogens is 330 g/mol. The van der Waals surface area contributed by atoms with E-state index in [1.165, 1.54) is 16.7 Å². The first kappa shape index (κ1) is 15.6. The zero-order chi connectivity index (χ0) is 16.4. The monoisotopic (exact) mass is 343 g/mol. The molecule has 1 aliphatic heterocycles. The lowest BCUT2D eigenvalue weighted by Crippen LogP contribution is -2.27. The minimum absolute atomic E-state index is 0.157. The maximum Gasteiger partial charge on any atom is 0.270 e. The van der Waals surface area contributed by atoms with Crippen molar-refractivity contribution in [1.82, 2.24) is 0 Å². The zero-order valence-electron chi connectivity index (χ0n) is 12.2. The molecule has 23 heavy (non-hydrogen) atoms. The summed E-state index contributed by atoms with van der Waals surface area (Å²) in [5.74, 6) is 0.701. The van der Waals surface area contributed by atoms with Crippen LogP contribution in [0.15, 0.2) is 53.4 Å². The van der Waals surface area contributed by atoms with E-state index >= 15 is 0 Å². The van der Waals surface area contributed by atoms with Gasteiger partial charge >= 0.3 is 0 Å². The fourth-order valence-electron chi connectivity index (χ4n) is 2.19. The number of thioether (sulfide) groups is 1. The first-order valence-corrected chi connectivity index (χ1v) is 8.02. The highest BCUT2D eigenvalue weighted by molar-refractivity contribution is 8.27. The number of amides is 1. The van der Waals surface area contributed by atoms with Crippen LogP contribution < -0.4 is 9.64 Å². The number of rotatable bonds is 3. The summed E-state index contributed by atoms with van der Waals surface area (Å²) in [4.78, 5) is 14.6. The predicted molar refractivity (Wildman–Crippen MR) is 96.8 cm³/mol. The van der Waals surface area contributed by atoms with Gasteiger partial charge in [0.2, 0.25) is 0 Å². The molecule has 0 saturated carbocycles. The number of phenolic OH excluding ortho intramolecular Hbond substituents is 1. The number of aromatic hydroxyl groups is 1. The van der Waals surface area contributed by atoms with Gasteiger partial charge < -0.3 is 9.84 Å². The molecule has 0 unspecified atom stereocenters. The van der Waals surface area contributed by atoms with Crippen LogP contribution in [0.1, 0.15) is 5.56 Å². The van der Waals surface area contributed by atoms with E-state index in [-0.39, 0.29) is 11.7 Å². The van der Waals surface area contributed by atoms with Gasteiger partial charge in [-0.15, -0.1) is 0 Å². The average molecular weight is 343 g/mol. The number of anilines is 1. The molecule has 116 valence electrons. The Balaban J connectivity index is 1.90. The largest absolute Gasteiger partial charge is 0.508 e. The summed E-state index contributed by atoms with van der Waals surface area (Å²) < 4.78 is 5.60. The van der Waals surface area contributed by atoms with Gasteiger partial charge in [0.05, 0.1) is 17.7 Å².